The molecule has 0 aliphatic rings. The molecular formula is C14H20N2O3. The van der Waals surface area contributed by atoms with Crippen molar-refractivity contribution in [2.24, 2.45) is 5.92 Å². The lowest BCUT2D eigenvalue weighted by atomic mass is 10.1. The molecule has 0 heterocycles. The smallest absolute Gasteiger partial charge is 0.337 e. The molecule has 0 bridgehead atoms. The second-order valence-electron chi connectivity index (χ2n) is 4.58. The number of nitrogens with zero attached hydrogens (tertiary/aromatic N) is 1. The summed E-state index contributed by atoms with van der Waals surface area (Å²) in [4.78, 5) is 24.4. The number of anilines is 1. The first-order valence-electron chi connectivity index (χ1n) is 6.31. The van der Waals surface area contributed by atoms with E-state index in [2.05, 4.69) is 12.2 Å². The Morgan fingerprint density at radius 1 is 1.37 bits per heavy atom. The van der Waals surface area contributed by atoms with Crippen molar-refractivity contribution >= 4 is 17.7 Å². The van der Waals surface area contributed by atoms with E-state index in [-0.39, 0.29) is 11.6 Å². The van der Waals surface area contributed by atoms with E-state index < -0.39 is 5.97 Å². The Hall–Kier alpha value is -2.04. The fourth-order valence-corrected chi connectivity index (χ4v) is 1.58. The molecule has 1 rings (SSSR count). The number of aromatic carboxylic acids is 1. The van der Waals surface area contributed by atoms with Gasteiger partial charge in [0.2, 0.25) is 0 Å². The van der Waals surface area contributed by atoms with Gasteiger partial charge in [-0.2, -0.15) is 0 Å². The molecule has 0 fully saturated rings. The van der Waals surface area contributed by atoms with Gasteiger partial charge >= 0.3 is 12.0 Å². The van der Waals surface area contributed by atoms with Crippen LogP contribution >= 0.6 is 0 Å². The molecule has 0 spiro atoms. The van der Waals surface area contributed by atoms with Gasteiger partial charge in [0.25, 0.3) is 0 Å². The molecule has 1 aromatic rings. The van der Waals surface area contributed by atoms with E-state index in [1.807, 2.05) is 6.92 Å². The summed E-state index contributed by atoms with van der Waals surface area (Å²) < 4.78 is 0. The zero-order valence-corrected chi connectivity index (χ0v) is 11.5. The zero-order valence-electron chi connectivity index (χ0n) is 11.5. The Bertz CT molecular complexity index is 460. The van der Waals surface area contributed by atoms with Gasteiger partial charge in [0.05, 0.1) is 11.3 Å². The Morgan fingerprint density at radius 3 is 2.58 bits per heavy atom. The van der Waals surface area contributed by atoms with E-state index in [1.54, 1.807) is 25.2 Å². The fourth-order valence-electron chi connectivity index (χ4n) is 1.58. The van der Waals surface area contributed by atoms with Gasteiger partial charge in [-0.1, -0.05) is 32.4 Å². The number of carboxylic acids is 1. The van der Waals surface area contributed by atoms with Crippen LogP contribution in [0, 0.1) is 5.92 Å². The Morgan fingerprint density at radius 2 is 2.00 bits per heavy atom. The van der Waals surface area contributed by atoms with Gasteiger partial charge in [0, 0.05) is 13.6 Å². The van der Waals surface area contributed by atoms with Crippen LogP contribution in [0.3, 0.4) is 0 Å². The van der Waals surface area contributed by atoms with Crippen LogP contribution < -0.4 is 10.2 Å². The van der Waals surface area contributed by atoms with Crippen molar-refractivity contribution in [3.8, 4) is 0 Å². The third-order valence-electron chi connectivity index (χ3n) is 3.10. The minimum Gasteiger partial charge on any atom is -0.478 e. The average Bonchev–Trinajstić information content (AvgIpc) is 2.43. The van der Waals surface area contributed by atoms with Crippen molar-refractivity contribution < 1.29 is 14.7 Å². The van der Waals surface area contributed by atoms with Crippen LogP contribution in [0.25, 0.3) is 0 Å². The zero-order chi connectivity index (χ0) is 14.4. The van der Waals surface area contributed by atoms with Crippen molar-refractivity contribution in [2.75, 3.05) is 18.5 Å². The first kappa shape index (κ1) is 15.0. The lowest BCUT2D eigenvalue weighted by Crippen LogP contribution is -2.39. The molecule has 0 aromatic heterocycles. The van der Waals surface area contributed by atoms with Crippen molar-refractivity contribution in [3.63, 3.8) is 0 Å². The van der Waals surface area contributed by atoms with Gasteiger partial charge in [-0.15, -0.1) is 0 Å². The number of carbonyl (C=O) groups excluding carboxylic acids is 1. The molecule has 0 saturated heterocycles. The number of urea groups is 1. The number of nitrogens with one attached hydrogen (secondary N) is 1. The SMILES string of the molecule is CCC(C)CNC(=O)N(C)c1ccccc1C(=O)O. The molecule has 0 saturated carbocycles. The van der Waals surface area contributed by atoms with E-state index in [0.29, 0.717) is 18.2 Å². The lowest BCUT2D eigenvalue weighted by molar-refractivity contribution is 0.0697. The third-order valence-corrected chi connectivity index (χ3v) is 3.10. The molecule has 19 heavy (non-hydrogen) atoms. The number of amides is 2. The van der Waals surface area contributed by atoms with Crippen LogP contribution in [0.5, 0.6) is 0 Å². The fraction of sp³-hybridized carbons (Fsp3) is 0.429. The van der Waals surface area contributed by atoms with Crippen molar-refractivity contribution in [3.05, 3.63) is 29.8 Å². The predicted octanol–water partition coefficient (Wildman–Crippen LogP) is 2.58. The highest BCUT2D eigenvalue weighted by Crippen LogP contribution is 2.19. The molecule has 1 aromatic carbocycles. The third kappa shape index (κ3) is 3.98. The number of carbonyl (C=O) groups is 2. The van der Waals surface area contributed by atoms with E-state index in [4.69, 9.17) is 5.11 Å². The summed E-state index contributed by atoms with van der Waals surface area (Å²) in [5, 5.41) is 11.9. The molecule has 2 amide bonds. The van der Waals surface area contributed by atoms with Crippen molar-refractivity contribution in [1.29, 1.82) is 0 Å². The summed E-state index contributed by atoms with van der Waals surface area (Å²) in [6.45, 7) is 4.68. The molecular weight excluding hydrogens is 244 g/mol. The Balaban J connectivity index is 2.80. The second kappa shape index (κ2) is 6.78. The number of rotatable bonds is 5. The van der Waals surface area contributed by atoms with Crippen LogP contribution in [-0.4, -0.2) is 30.7 Å². The van der Waals surface area contributed by atoms with Crippen LogP contribution in [0.1, 0.15) is 30.6 Å². The maximum atomic E-state index is 12.0. The minimum absolute atomic E-state index is 0.115. The quantitative estimate of drug-likeness (QED) is 0.858. The van der Waals surface area contributed by atoms with E-state index >= 15 is 0 Å². The number of hydrogen-bond donors (Lipinski definition) is 2. The maximum absolute atomic E-state index is 12.0. The molecule has 0 aliphatic heterocycles. The topological polar surface area (TPSA) is 69.6 Å². The maximum Gasteiger partial charge on any atom is 0.337 e. The van der Waals surface area contributed by atoms with Gasteiger partial charge in [-0.3, -0.25) is 4.90 Å². The van der Waals surface area contributed by atoms with Gasteiger partial charge < -0.3 is 10.4 Å². The number of para-hydroxylation sites is 1. The van der Waals surface area contributed by atoms with Gasteiger partial charge in [-0.05, 0) is 18.1 Å². The average molecular weight is 264 g/mol. The molecule has 2 N–H and O–H groups in total. The van der Waals surface area contributed by atoms with Gasteiger partial charge in [0.1, 0.15) is 0 Å². The van der Waals surface area contributed by atoms with Crippen LogP contribution in [0.2, 0.25) is 0 Å². The predicted molar refractivity (Wildman–Crippen MR) is 74.7 cm³/mol. The summed E-state index contributed by atoms with van der Waals surface area (Å²) in [6, 6.07) is 6.15. The number of hydrogen-bond acceptors (Lipinski definition) is 2. The van der Waals surface area contributed by atoms with Crippen molar-refractivity contribution in [1.82, 2.24) is 5.32 Å². The molecule has 104 valence electrons. The number of carboxylic acid groups (broad SMARTS) is 1. The second-order valence-corrected chi connectivity index (χ2v) is 4.58. The molecule has 1 unspecified atom stereocenters. The Kier molecular flexibility index (Phi) is 5.36. The molecule has 0 aliphatic carbocycles. The van der Waals surface area contributed by atoms with Crippen LogP contribution in [0.15, 0.2) is 24.3 Å². The monoisotopic (exact) mass is 264 g/mol. The highest BCUT2D eigenvalue weighted by atomic mass is 16.4. The first-order chi connectivity index (χ1) is 8.97. The summed E-state index contributed by atoms with van der Waals surface area (Å²) >= 11 is 0. The van der Waals surface area contributed by atoms with Crippen LogP contribution in [-0.2, 0) is 0 Å². The normalized spacial score (nSPS) is 11.7. The highest BCUT2D eigenvalue weighted by Gasteiger charge is 2.17. The van der Waals surface area contributed by atoms with E-state index in [0.717, 1.165) is 6.42 Å². The van der Waals surface area contributed by atoms with Gasteiger partial charge in [-0.25, -0.2) is 9.59 Å². The molecule has 5 nitrogen and oxygen atoms in total. The summed E-state index contributed by atoms with van der Waals surface area (Å²) in [7, 11) is 1.56. The standard InChI is InChI=1S/C14H20N2O3/c1-4-10(2)9-15-14(19)16(3)12-8-6-5-7-11(12)13(17)18/h5-8,10H,4,9H2,1-3H3,(H,15,19)(H,17,18). The summed E-state index contributed by atoms with van der Waals surface area (Å²) in [5.41, 5.74) is 0.500. The highest BCUT2D eigenvalue weighted by molar-refractivity contribution is 6.01. The minimum atomic E-state index is -1.04. The van der Waals surface area contributed by atoms with E-state index in [9.17, 15) is 9.59 Å². The first-order valence-corrected chi connectivity index (χ1v) is 6.31. The lowest BCUT2D eigenvalue weighted by Gasteiger charge is -2.21. The van der Waals surface area contributed by atoms with Crippen LogP contribution in [0.4, 0.5) is 10.5 Å². The van der Waals surface area contributed by atoms with E-state index in [1.165, 1.54) is 11.0 Å². The largest absolute Gasteiger partial charge is 0.478 e. The molecule has 5 heteroatoms. The Labute approximate surface area is 113 Å². The van der Waals surface area contributed by atoms with Crippen molar-refractivity contribution in [2.45, 2.75) is 20.3 Å². The summed E-state index contributed by atoms with van der Waals surface area (Å²) in [6.07, 6.45) is 0.982. The number of benzene rings is 1. The molecule has 0 radical (unpaired) electrons. The molecule has 1 atom stereocenters. The van der Waals surface area contributed by atoms with Gasteiger partial charge in [0.15, 0.2) is 0 Å². The summed E-state index contributed by atoms with van der Waals surface area (Å²) in [5.74, 6) is -0.649.